The molecule has 1 aromatic heterocycles. The van der Waals surface area contributed by atoms with Gasteiger partial charge in [0, 0.05) is 30.0 Å². The van der Waals surface area contributed by atoms with Gasteiger partial charge >= 0.3 is 0 Å². The molecular weight excluding hydrogens is 374 g/mol. The predicted molar refractivity (Wildman–Crippen MR) is 102 cm³/mol. The van der Waals surface area contributed by atoms with E-state index in [-0.39, 0.29) is 5.60 Å². The van der Waals surface area contributed by atoms with E-state index in [2.05, 4.69) is 20.2 Å². The van der Waals surface area contributed by atoms with Gasteiger partial charge in [0.05, 0.1) is 18.4 Å². The molecule has 0 bridgehead atoms. The van der Waals surface area contributed by atoms with E-state index in [1.807, 2.05) is 0 Å². The molecule has 7 nitrogen and oxygen atoms in total. The summed E-state index contributed by atoms with van der Waals surface area (Å²) >= 11 is 4.92. The van der Waals surface area contributed by atoms with Crippen LogP contribution in [0.15, 0.2) is 35.4 Å². The minimum absolute atomic E-state index is 0.0134. The summed E-state index contributed by atoms with van der Waals surface area (Å²) in [5.74, 6) is 1.15. The first-order chi connectivity index (χ1) is 12.6. The zero-order valence-corrected chi connectivity index (χ0v) is 15.5. The number of nitrogens with zero attached hydrogens (tertiary/aromatic N) is 3. The van der Waals surface area contributed by atoms with E-state index < -0.39 is 11.2 Å². The Bertz CT molecular complexity index is 815. The number of halogens is 1. The average molecular weight is 392 g/mol. The molecule has 0 radical (unpaired) electrons. The summed E-state index contributed by atoms with van der Waals surface area (Å²) in [4.78, 5) is 11.6. The molecule has 2 aromatic rings. The lowest BCUT2D eigenvalue weighted by Crippen LogP contribution is -2.44. The summed E-state index contributed by atoms with van der Waals surface area (Å²) < 4.78 is 17.4. The topological polar surface area (TPSA) is 97.2 Å². The van der Waals surface area contributed by atoms with Gasteiger partial charge in [-0.3, -0.25) is 5.41 Å². The number of hydrogen-bond acceptors (Lipinski definition) is 7. The first-order valence-electron chi connectivity index (χ1n) is 8.28. The zero-order valence-electron chi connectivity index (χ0n) is 13.9. The van der Waals surface area contributed by atoms with Crippen LogP contribution < -0.4 is 10.2 Å². The highest BCUT2D eigenvalue weighted by Crippen LogP contribution is 2.43. The average Bonchev–Trinajstić information content (AvgIpc) is 3.41. The second kappa shape index (κ2) is 7.03. The number of rotatable bonds is 5. The quantitative estimate of drug-likeness (QED) is 0.462. The van der Waals surface area contributed by atoms with Crippen LogP contribution in [-0.4, -0.2) is 45.4 Å². The second-order valence-corrected chi connectivity index (χ2v) is 8.09. The van der Waals surface area contributed by atoms with Crippen molar-refractivity contribution in [2.75, 3.05) is 29.9 Å². The van der Waals surface area contributed by atoms with Crippen molar-refractivity contribution in [3.05, 3.63) is 35.5 Å². The first-order valence-corrected chi connectivity index (χ1v) is 9.87. The van der Waals surface area contributed by atoms with Crippen LogP contribution in [0.5, 0.6) is 0 Å². The van der Waals surface area contributed by atoms with Crippen LogP contribution >= 0.6 is 11.6 Å². The third kappa shape index (κ3) is 3.64. The molecule has 9 heteroatoms. The lowest BCUT2D eigenvalue weighted by Gasteiger charge is -2.34. The lowest BCUT2D eigenvalue weighted by molar-refractivity contribution is 0.0204. The van der Waals surface area contributed by atoms with Gasteiger partial charge in [-0.25, -0.2) is 4.98 Å². The third-order valence-corrected chi connectivity index (χ3v) is 5.75. The molecule has 1 aliphatic heterocycles. The predicted octanol–water partition coefficient (Wildman–Crippen LogP) is 2.96. The molecule has 0 amide bonds. The van der Waals surface area contributed by atoms with Crippen molar-refractivity contribution < 1.29 is 9.29 Å². The maximum absolute atomic E-state index is 11.6. The molecule has 2 fully saturated rings. The molecule has 26 heavy (non-hydrogen) atoms. The van der Waals surface area contributed by atoms with Gasteiger partial charge in [0.1, 0.15) is 5.02 Å². The Morgan fingerprint density at radius 2 is 2.12 bits per heavy atom. The maximum atomic E-state index is 11.6. The van der Waals surface area contributed by atoms with Crippen molar-refractivity contribution in [1.29, 1.82) is 5.41 Å². The van der Waals surface area contributed by atoms with Gasteiger partial charge in [0.25, 0.3) is 0 Å². The smallest absolute Gasteiger partial charge is 0.229 e. The van der Waals surface area contributed by atoms with Crippen LogP contribution in [0.3, 0.4) is 0 Å². The third-order valence-electron chi connectivity index (χ3n) is 4.53. The van der Waals surface area contributed by atoms with E-state index >= 15 is 0 Å². The first kappa shape index (κ1) is 17.5. The molecule has 1 aliphatic carbocycles. The zero-order chi connectivity index (χ0) is 18.1. The van der Waals surface area contributed by atoms with Crippen LogP contribution in [0.4, 0.5) is 17.5 Å². The van der Waals surface area contributed by atoms with Crippen LogP contribution in [0.1, 0.15) is 12.8 Å². The molecule has 1 spiro atoms. The molecule has 2 N–H and O–H groups in total. The van der Waals surface area contributed by atoms with E-state index in [1.54, 1.807) is 30.5 Å². The van der Waals surface area contributed by atoms with Gasteiger partial charge in [-0.1, -0.05) is 11.6 Å². The minimum atomic E-state index is -1.41. The van der Waals surface area contributed by atoms with E-state index in [1.165, 1.54) is 0 Å². The van der Waals surface area contributed by atoms with E-state index in [0.29, 0.717) is 28.3 Å². The summed E-state index contributed by atoms with van der Waals surface area (Å²) in [5, 5.41) is 10.7. The molecule has 1 atom stereocenters. The summed E-state index contributed by atoms with van der Waals surface area (Å²) in [6, 6.07) is 6.98. The summed E-state index contributed by atoms with van der Waals surface area (Å²) in [5.41, 5.74) is 1.66. The van der Waals surface area contributed by atoms with Crippen LogP contribution in [-0.2, 0) is 15.9 Å². The number of nitrogens with one attached hydrogen (secondary N) is 2. The molecule has 1 saturated heterocycles. The highest BCUT2D eigenvalue weighted by molar-refractivity contribution is 8.04. The SMILES string of the molecule is N=C[S+]([O-])c1ccc(Nc2ncc(Cl)c(N3CCOC4(CC4)C3)n2)cc1. The van der Waals surface area contributed by atoms with Gasteiger partial charge in [-0.05, 0) is 37.1 Å². The van der Waals surface area contributed by atoms with Gasteiger partial charge in [0.15, 0.2) is 10.7 Å². The molecule has 1 unspecified atom stereocenters. The highest BCUT2D eigenvalue weighted by atomic mass is 35.5. The Labute approximate surface area is 159 Å². The molecular formula is C17H18ClN5O2S. The second-order valence-electron chi connectivity index (χ2n) is 6.38. The fourth-order valence-electron chi connectivity index (χ4n) is 2.98. The monoisotopic (exact) mass is 391 g/mol. The number of hydrogen-bond donors (Lipinski definition) is 2. The van der Waals surface area contributed by atoms with E-state index in [4.69, 9.17) is 21.7 Å². The van der Waals surface area contributed by atoms with Crippen LogP contribution in [0.2, 0.25) is 5.02 Å². The van der Waals surface area contributed by atoms with Crippen molar-refractivity contribution in [3.8, 4) is 0 Å². The standard InChI is InChI=1S/C17H18ClN5O2S/c18-14-9-20-16(21-12-1-3-13(4-2-12)26(24)11-19)22-15(14)23-7-8-25-17(10-23)5-6-17/h1-4,9,11,19H,5-8,10H2,(H,20,21,22). The van der Waals surface area contributed by atoms with Gasteiger partial charge in [0.2, 0.25) is 11.5 Å². The van der Waals surface area contributed by atoms with Crippen molar-refractivity contribution >= 4 is 45.8 Å². The van der Waals surface area contributed by atoms with Crippen LogP contribution in [0.25, 0.3) is 0 Å². The minimum Gasteiger partial charge on any atom is -0.606 e. The van der Waals surface area contributed by atoms with Crippen molar-refractivity contribution in [1.82, 2.24) is 9.97 Å². The Morgan fingerprint density at radius 1 is 1.35 bits per heavy atom. The number of aromatic nitrogens is 2. The van der Waals surface area contributed by atoms with Crippen LogP contribution in [0, 0.1) is 5.41 Å². The molecule has 2 heterocycles. The Kier molecular flexibility index (Phi) is 4.74. The highest BCUT2D eigenvalue weighted by Gasteiger charge is 2.48. The molecule has 136 valence electrons. The van der Waals surface area contributed by atoms with Gasteiger partial charge in [-0.15, -0.1) is 0 Å². The summed E-state index contributed by atoms with van der Waals surface area (Å²) in [6.07, 6.45) is 3.77. The van der Waals surface area contributed by atoms with Gasteiger partial charge < -0.3 is 19.5 Å². The number of ether oxygens (including phenoxy) is 1. The van der Waals surface area contributed by atoms with Crippen molar-refractivity contribution in [2.24, 2.45) is 0 Å². The normalized spacial score (nSPS) is 19.2. The molecule has 1 aromatic carbocycles. The van der Waals surface area contributed by atoms with E-state index in [0.717, 1.165) is 37.2 Å². The summed E-state index contributed by atoms with van der Waals surface area (Å²) in [7, 11) is 0. The Balaban J connectivity index is 1.51. The summed E-state index contributed by atoms with van der Waals surface area (Å²) in [6.45, 7) is 2.23. The van der Waals surface area contributed by atoms with Gasteiger partial charge in [-0.2, -0.15) is 4.98 Å². The van der Waals surface area contributed by atoms with Crippen molar-refractivity contribution in [3.63, 3.8) is 0 Å². The fraction of sp³-hybridized carbons (Fsp3) is 0.353. The largest absolute Gasteiger partial charge is 0.606 e. The molecule has 2 aliphatic rings. The fourth-order valence-corrected chi connectivity index (χ4v) is 3.73. The Morgan fingerprint density at radius 3 is 2.81 bits per heavy atom. The molecule has 1 saturated carbocycles. The lowest BCUT2D eigenvalue weighted by atomic mass is 10.2. The van der Waals surface area contributed by atoms with E-state index in [9.17, 15) is 4.55 Å². The maximum Gasteiger partial charge on any atom is 0.229 e. The number of benzene rings is 1. The number of anilines is 3. The molecule has 4 rings (SSSR count). The Hall–Kier alpha value is -1.87. The van der Waals surface area contributed by atoms with Crippen molar-refractivity contribution in [2.45, 2.75) is 23.3 Å². The number of morpholine rings is 1.